The number of hydrogen-bond acceptors (Lipinski definition) is 4. The number of carbonyl (C=O) groups is 1. The molecule has 0 saturated heterocycles. The minimum absolute atomic E-state index is 0.0612. The van der Waals surface area contributed by atoms with Crippen molar-refractivity contribution in [2.45, 2.75) is 16.2 Å². The quantitative estimate of drug-likeness (QED) is 0.564. The van der Waals surface area contributed by atoms with Gasteiger partial charge in [-0.15, -0.1) is 16.6 Å². The number of thioether (sulfide) groups is 1. The third kappa shape index (κ3) is 5.48. The Morgan fingerprint density at radius 1 is 1.12 bits per heavy atom. The van der Waals surface area contributed by atoms with Crippen molar-refractivity contribution >= 4 is 39.3 Å². The van der Waals surface area contributed by atoms with E-state index in [0.29, 0.717) is 5.75 Å². The number of nitrogens with one attached hydrogen (secondary N) is 2. The Balaban J connectivity index is 1.80. The summed E-state index contributed by atoms with van der Waals surface area (Å²) < 4.78 is 36.8. The minimum Gasteiger partial charge on any atom is -0.278 e. The summed E-state index contributed by atoms with van der Waals surface area (Å²) >= 11 is 7.19. The van der Waals surface area contributed by atoms with Gasteiger partial charge in [0.2, 0.25) is 5.91 Å². The van der Waals surface area contributed by atoms with Crippen molar-refractivity contribution in [3.8, 4) is 0 Å². The standard InChI is InChI=1S/C15H14ClFN2O3S2/c16-13-3-1-2-4-14(13)24(21,22)19-18-15(20)9-10-23-12-7-5-11(17)6-8-12/h1-8,19H,9-10H2,(H,18,20). The molecule has 2 rings (SSSR count). The monoisotopic (exact) mass is 388 g/mol. The Labute approximate surface area is 148 Å². The summed E-state index contributed by atoms with van der Waals surface area (Å²) in [5.41, 5.74) is 2.14. The van der Waals surface area contributed by atoms with Gasteiger partial charge in [-0.3, -0.25) is 10.2 Å². The first-order valence-corrected chi connectivity index (χ1v) is 9.67. The Bertz CT molecular complexity index is 814. The summed E-state index contributed by atoms with van der Waals surface area (Å²) in [7, 11) is -3.93. The third-order valence-corrected chi connectivity index (χ3v) is 5.62. The molecule has 0 aromatic heterocycles. The molecule has 0 aliphatic carbocycles. The van der Waals surface area contributed by atoms with Crippen LogP contribution in [0.3, 0.4) is 0 Å². The van der Waals surface area contributed by atoms with Gasteiger partial charge in [-0.2, -0.15) is 0 Å². The second kappa shape index (κ2) is 8.48. The molecule has 1 amide bonds. The number of amides is 1. The van der Waals surface area contributed by atoms with E-state index in [2.05, 4.69) is 5.43 Å². The van der Waals surface area contributed by atoms with Crippen LogP contribution < -0.4 is 10.3 Å². The predicted molar refractivity (Wildman–Crippen MR) is 91.7 cm³/mol. The van der Waals surface area contributed by atoms with Gasteiger partial charge < -0.3 is 0 Å². The molecule has 0 atom stereocenters. The normalized spacial score (nSPS) is 11.2. The molecule has 0 bridgehead atoms. The maximum atomic E-state index is 12.8. The van der Waals surface area contributed by atoms with Crippen LogP contribution in [-0.4, -0.2) is 20.1 Å². The lowest BCUT2D eigenvalue weighted by molar-refractivity contribution is -0.121. The van der Waals surface area contributed by atoms with E-state index in [1.807, 2.05) is 4.83 Å². The first-order chi connectivity index (χ1) is 11.4. The lowest BCUT2D eigenvalue weighted by Crippen LogP contribution is -2.41. The van der Waals surface area contributed by atoms with E-state index in [9.17, 15) is 17.6 Å². The summed E-state index contributed by atoms with van der Waals surface area (Å²) in [5.74, 6) is -0.392. The average Bonchev–Trinajstić information content (AvgIpc) is 2.55. The summed E-state index contributed by atoms with van der Waals surface area (Å²) in [6, 6.07) is 11.8. The number of sulfonamides is 1. The fraction of sp³-hybridized carbons (Fsp3) is 0.133. The minimum atomic E-state index is -3.93. The first-order valence-electron chi connectivity index (χ1n) is 6.82. The molecule has 0 unspecified atom stereocenters. The van der Waals surface area contributed by atoms with Crippen LogP contribution in [0.5, 0.6) is 0 Å². The van der Waals surface area contributed by atoms with Crippen molar-refractivity contribution in [2.75, 3.05) is 5.75 Å². The first kappa shape index (κ1) is 18.7. The van der Waals surface area contributed by atoms with Gasteiger partial charge in [0.05, 0.1) is 5.02 Å². The molecule has 2 N–H and O–H groups in total. The van der Waals surface area contributed by atoms with Gasteiger partial charge in [0, 0.05) is 17.1 Å². The highest BCUT2D eigenvalue weighted by Crippen LogP contribution is 2.20. The van der Waals surface area contributed by atoms with E-state index in [1.54, 1.807) is 18.2 Å². The molecular weight excluding hydrogens is 375 g/mol. The Morgan fingerprint density at radius 2 is 1.79 bits per heavy atom. The number of rotatable bonds is 7. The van der Waals surface area contributed by atoms with Gasteiger partial charge in [0.15, 0.2) is 0 Å². The molecular formula is C15H14ClFN2O3S2. The van der Waals surface area contributed by atoms with Gasteiger partial charge in [-0.25, -0.2) is 12.8 Å². The van der Waals surface area contributed by atoms with Crippen molar-refractivity contribution in [3.63, 3.8) is 0 Å². The Kier molecular flexibility index (Phi) is 6.61. The smallest absolute Gasteiger partial charge is 0.258 e. The van der Waals surface area contributed by atoms with Crippen LogP contribution in [0.1, 0.15) is 6.42 Å². The lowest BCUT2D eigenvalue weighted by atomic mass is 10.4. The zero-order valence-corrected chi connectivity index (χ0v) is 14.7. The molecule has 128 valence electrons. The zero-order valence-electron chi connectivity index (χ0n) is 12.3. The van der Waals surface area contributed by atoms with Crippen LogP contribution in [0.25, 0.3) is 0 Å². The molecule has 0 spiro atoms. The highest BCUT2D eigenvalue weighted by molar-refractivity contribution is 7.99. The van der Waals surface area contributed by atoms with Crippen molar-refractivity contribution in [1.82, 2.24) is 10.3 Å². The van der Waals surface area contributed by atoms with E-state index in [0.717, 1.165) is 4.90 Å². The summed E-state index contributed by atoms with van der Waals surface area (Å²) in [6.07, 6.45) is 0.0904. The summed E-state index contributed by atoms with van der Waals surface area (Å²) in [4.78, 5) is 14.4. The van der Waals surface area contributed by atoms with Crippen LogP contribution in [0.4, 0.5) is 4.39 Å². The topological polar surface area (TPSA) is 75.3 Å². The fourth-order valence-electron chi connectivity index (χ4n) is 1.70. The summed E-state index contributed by atoms with van der Waals surface area (Å²) in [6.45, 7) is 0. The SMILES string of the molecule is O=C(CCSc1ccc(F)cc1)NNS(=O)(=O)c1ccccc1Cl. The lowest BCUT2D eigenvalue weighted by Gasteiger charge is -2.09. The second-order valence-corrected chi connectivity index (χ2v) is 7.86. The number of benzene rings is 2. The molecule has 0 radical (unpaired) electrons. The van der Waals surface area contributed by atoms with E-state index in [1.165, 1.54) is 42.1 Å². The summed E-state index contributed by atoms with van der Waals surface area (Å²) in [5, 5.41) is 0.0612. The second-order valence-electron chi connectivity index (χ2n) is 4.64. The highest BCUT2D eigenvalue weighted by Gasteiger charge is 2.17. The van der Waals surface area contributed by atoms with E-state index in [4.69, 9.17) is 11.6 Å². The van der Waals surface area contributed by atoms with Crippen LogP contribution >= 0.6 is 23.4 Å². The van der Waals surface area contributed by atoms with Gasteiger partial charge in [0.1, 0.15) is 10.7 Å². The third-order valence-electron chi connectivity index (χ3n) is 2.86. The largest absolute Gasteiger partial charge is 0.278 e. The molecule has 0 fully saturated rings. The molecule has 0 aliphatic heterocycles. The molecule has 0 aliphatic rings. The molecule has 5 nitrogen and oxygen atoms in total. The Hall–Kier alpha value is -1.61. The van der Waals surface area contributed by atoms with Gasteiger partial charge in [0.25, 0.3) is 10.0 Å². The molecule has 0 heterocycles. The number of carbonyl (C=O) groups excluding carboxylic acids is 1. The van der Waals surface area contributed by atoms with Gasteiger partial charge in [-0.05, 0) is 36.4 Å². The van der Waals surface area contributed by atoms with Crippen molar-refractivity contribution in [2.24, 2.45) is 0 Å². The molecule has 9 heteroatoms. The van der Waals surface area contributed by atoms with E-state index < -0.39 is 15.9 Å². The molecule has 2 aromatic carbocycles. The van der Waals surface area contributed by atoms with E-state index >= 15 is 0 Å². The maximum Gasteiger partial charge on any atom is 0.258 e. The Morgan fingerprint density at radius 3 is 2.46 bits per heavy atom. The maximum absolute atomic E-state index is 12.8. The van der Waals surface area contributed by atoms with Gasteiger partial charge >= 0.3 is 0 Å². The van der Waals surface area contributed by atoms with Crippen LogP contribution in [0.15, 0.2) is 58.3 Å². The predicted octanol–water partition coefficient (Wildman–Crippen LogP) is 2.97. The number of halogens is 2. The number of hydrazine groups is 1. The highest BCUT2D eigenvalue weighted by atomic mass is 35.5. The average molecular weight is 389 g/mol. The zero-order chi connectivity index (χ0) is 17.6. The molecule has 0 saturated carbocycles. The van der Waals surface area contributed by atoms with Crippen molar-refractivity contribution in [3.05, 3.63) is 59.4 Å². The van der Waals surface area contributed by atoms with E-state index in [-0.39, 0.29) is 22.2 Å². The van der Waals surface area contributed by atoms with Crippen LogP contribution in [-0.2, 0) is 14.8 Å². The van der Waals surface area contributed by atoms with Crippen molar-refractivity contribution < 1.29 is 17.6 Å². The van der Waals surface area contributed by atoms with Crippen molar-refractivity contribution in [1.29, 1.82) is 0 Å². The fourth-order valence-corrected chi connectivity index (χ4v) is 3.93. The van der Waals surface area contributed by atoms with Gasteiger partial charge in [-0.1, -0.05) is 23.7 Å². The molecule has 24 heavy (non-hydrogen) atoms. The number of hydrogen-bond donors (Lipinski definition) is 2. The van der Waals surface area contributed by atoms with Crippen LogP contribution in [0, 0.1) is 5.82 Å². The van der Waals surface area contributed by atoms with Crippen LogP contribution in [0.2, 0.25) is 5.02 Å². The molecule has 2 aromatic rings.